The Balaban J connectivity index is 0.000000200. The van der Waals surface area contributed by atoms with Gasteiger partial charge in [-0.1, -0.05) is 125 Å². The molecule has 2 nitrogen and oxygen atoms in total. The van der Waals surface area contributed by atoms with Crippen molar-refractivity contribution in [1.82, 2.24) is 0 Å². The molecule has 0 amide bonds. The lowest BCUT2D eigenvalue weighted by molar-refractivity contribution is -0.138. The first-order valence-electron chi connectivity index (χ1n) is 23.1. The lowest BCUT2D eigenvalue weighted by Crippen LogP contribution is -2.11. The van der Waals surface area contributed by atoms with E-state index >= 15 is 0 Å². The maximum absolute atomic E-state index is 13.2. The van der Waals surface area contributed by atoms with Crippen molar-refractivity contribution < 1.29 is 39.5 Å². The van der Waals surface area contributed by atoms with Gasteiger partial charge < -0.3 is 9.80 Å². The Kier molecular flexibility index (Phi) is 17.5. The van der Waals surface area contributed by atoms with Crippen molar-refractivity contribution in [3.05, 3.63) is 260 Å². The van der Waals surface area contributed by atoms with Gasteiger partial charge in [-0.3, -0.25) is 0 Å². The minimum Gasteiger partial charge on any atom is -0.310 e. The Hall–Kier alpha value is -7.18. The minimum atomic E-state index is -4.43. The molecule has 0 unspecified atom stereocenters. The Morgan fingerprint density at radius 3 is 0.893 bits per heavy atom. The summed E-state index contributed by atoms with van der Waals surface area (Å²) in [5.41, 5.74) is 10.3. The molecular weight excluding hydrogens is 1040 g/mol. The molecule has 9 aromatic rings. The van der Waals surface area contributed by atoms with Crippen LogP contribution in [0.25, 0.3) is 22.3 Å². The average Bonchev–Trinajstić information content (AvgIpc) is 3.37. The van der Waals surface area contributed by atoms with Crippen molar-refractivity contribution in [3.63, 3.8) is 0 Å². The van der Waals surface area contributed by atoms with E-state index in [-0.39, 0.29) is 5.02 Å². The molecule has 0 spiro atoms. The van der Waals surface area contributed by atoms with Crippen molar-refractivity contribution >= 4 is 68.9 Å². The zero-order valence-corrected chi connectivity index (χ0v) is 42.8. The van der Waals surface area contributed by atoms with E-state index in [1.165, 1.54) is 35.4 Å². The molecule has 9 rings (SSSR count). The summed E-state index contributed by atoms with van der Waals surface area (Å²) in [4.78, 5) is 4.22. The molecule has 14 heteroatoms. The molecule has 9 aromatic carbocycles. The van der Waals surface area contributed by atoms with Gasteiger partial charge in [0.15, 0.2) is 0 Å². The highest BCUT2D eigenvalue weighted by atomic mass is 35.5. The number of nitrogens with zero attached hydrogens (tertiary/aromatic N) is 2. The van der Waals surface area contributed by atoms with Gasteiger partial charge in [-0.15, -0.1) is 0 Å². The second kappa shape index (κ2) is 23.6. The summed E-state index contributed by atoms with van der Waals surface area (Å²) < 4.78 is 115. The van der Waals surface area contributed by atoms with Gasteiger partial charge in [-0.2, -0.15) is 39.5 Å². The van der Waals surface area contributed by atoms with Crippen LogP contribution in [0.1, 0.15) is 38.9 Å². The zero-order chi connectivity index (χ0) is 54.2. The maximum atomic E-state index is 13.2. The summed E-state index contributed by atoms with van der Waals surface area (Å²) in [6.07, 6.45) is -13.2. The third-order valence-corrected chi connectivity index (χ3v) is 12.5. The second-order valence-corrected chi connectivity index (χ2v) is 18.8. The number of hydrogen-bond acceptors (Lipinski definition) is 2. The van der Waals surface area contributed by atoms with E-state index in [9.17, 15) is 39.5 Å². The van der Waals surface area contributed by atoms with E-state index in [1.54, 1.807) is 36.4 Å². The number of hydrogen-bond donors (Lipinski definition) is 0. The molecule has 0 radical (unpaired) electrons. The van der Waals surface area contributed by atoms with Crippen molar-refractivity contribution in [2.24, 2.45) is 0 Å². The number of anilines is 6. The molecule has 75 heavy (non-hydrogen) atoms. The topological polar surface area (TPSA) is 6.48 Å². The van der Waals surface area contributed by atoms with Crippen LogP contribution < -0.4 is 9.80 Å². The molecule has 0 N–H and O–H groups in total. The molecule has 0 aliphatic heterocycles. The van der Waals surface area contributed by atoms with Crippen LogP contribution in [-0.4, -0.2) is 0 Å². The van der Waals surface area contributed by atoms with E-state index in [0.717, 1.165) is 91.7 Å². The zero-order valence-electron chi connectivity index (χ0n) is 40.6. The van der Waals surface area contributed by atoms with E-state index in [0.29, 0.717) is 22.3 Å². The molecule has 0 heterocycles. The SMILES string of the molecule is Cc1ccc(N(c2ccc(-c3cccc(C(F)(F)F)c3)cc2)c2ccc(-c3cccc(C(F)(F)F)c3)cc2)c(C)c1.Cc1ccc(N(c2ccc(Cl)cc2)c2ccc(Cl)cc2)c(C)c1.FC(F)(F)c1cccc(Cl)c1. The third-order valence-electron chi connectivity index (χ3n) is 11.8. The van der Waals surface area contributed by atoms with Gasteiger partial charge in [-0.25, -0.2) is 0 Å². The summed E-state index contributed by atoms with van der Waals surface area (Å²) in [5.74, 6) is 0. The van der Waals surface area contributed by atoms with Gasteiger partial charge in [0.2, 0.25) is 0 Å². The number of halogens is 12. The predicted molar refractivity (Wildman–Crippen MR) is 289 cm³/mol. The fraction of sp³-hybridized carbons (Fsp3) is 0.115. The van der Waals surface area contributed by atoms with Crippen LogP contribution in [0.2, 0.25) is 15.1 Å². The number of aryl methyl sites for hydroxylation is 4. The van der Waals surface area contributed by atoms with E-state index in [2.05, 4.69) is 43.0 Å². The standard InChI is InChI=1S/C34H25F6N.C20H17Cl2N.C7H4ClF3/c1-22-9-18-32(23(2)19-22)41(30-14-10-24(11-15-30)26-5-3-7-28(20-26)33(35,36)37)31-16-12-25(13-17-31)27-6-4-8-29(21-27)34(38,39)40;1-14-3-12-20(15(2)13-14)23(18-8-4-16(21)5-9-18)19-10-6-17(22)7-11-19;8-6-3-1-2-5(4-6)7(9,10)11/h3-21H,1-2H3;3-13H,1-2H3;1-4H. The van der Waals surface area contributed by atoms with Crippen LogP contribution in [0.3, 0.4) is 0 Å². The van der Waals surface area contributed by atoms with Crippen LogP contribution in [0.5, 0.6) is 0 Å². The Morgan fingerprint density at radius 2 is 0.600 bits per heavy atom. The third kappa shape index (κ3) is 14.6. The molecule has 384 valence electrons. The van der Waals surface area contributed by atoms with Crippen molar-refractivity contribution in [2.75, 3.05) is 9.80 Å². The van der Waals surface area contributed by atoms with Gasteiger partial charge in [0.05, 0.1) is 16.7 Å². The van der Waals surface area contributed by atoms with Gasteiger partial charge in [0.25, 0.3) is 0 Å². The maximum Gasteiger partial charge on any atom is 0.416 e. The van der Waals surface area contributed by atoms with Crippen LogP contribution in [0.15, 0.2) is 206 Å². The highest BCUT2D eigenvalue weighted by Crippen LogP contribution is 2.41. The molecule has 0 aliphatic carbocycles. The average molecular weight is 1080 g/mol. The summed E-state index contributed by atoms with van der Waals surface area (Å²) in [6, 6.07) is 57.6. The second-order valence-electron chi connectivity index (χ2n) is 17.5. The highest BCUT2D eigenvalue weighted by molar-refractivity contribution is 6.31. The molecule has 0 atom stereocenters. The highest BCUT2D eigenvalue weighted by Gasteiger charge is 2.32. The Morgan fingerprint density at radius 1 is 0.293 bits per heavy atom. The molecule has 0 saturated heterocycles. The van der Waals surface area contributed by atoms with E-state index in [4.69, 9.17) is 34.8 Å². The first-order chi connectivity index (χ1) is 35.4. The number of benzene rings is 9. The van der Waals surface area contributed by atoms with Crippen LogP contribution in [-0.2, 0) is 18.5 Å². The summed E-state index contributed by atoms with van der Waals surface area (Å²) in [5, 5.41) is 1.55. The Labute approximate surface area is 444 Å². The Bertz CT molecular complexity index is 3210. The summed E-state index contributed by atoms with van der Waals surface area (Å²) in [7, 11) is 0. The van der Waals surface area contributed by atoms with Crippen LogP contribution in [0, 0.1) is 27.7 Å². The molecule has 0 aromatic heterocycles. The first kappa shape index (κ1) is 55.6. The van der Waals surface area contributed by atoms with Crippen molar-refractivity contribution in [2.45, 2.75) is 46.2 Å². The van der Waals surface area contributed by atoms with Gasteiger partial charge in [0.1, 0.15) is 0 Å². The quantitative estimate of drug-likeness (QED) is 0.140. The van der Waals surface area contributed by atoms with Gasteiger partial charge in [-0.05, 0) is 188 Å². The minimum absolute atomic E-state index is 0.0971. The predicted octanol–water partition coefficient (Wildman–Crippen LogP) is 21.6. The molecule has 0 saturated carbocycles. The largest absolute Gasteiger partial charge is 0.416 e. The fourth-order valence-corrected chi connectivity index (χ4v) is 8.61. The monoisotopic (exact) mass is 1080 g/mol. The normalized spacial score (nSPS) is 11.5. The van der Waals surface area contributed by atoms with Crippen LogP contribution >= 0.6 is 34.8 Å². The molecule has 0 fully saturated rings. The molecular formula is C61H46Cl3F9N2. The lowest BCUT2D eigenvalue weighted by atomic mass is 10.0. The first-order valence-corrected chi connectivity index (χ1v) is 24.2. The van der Waals surface area contributed by atoms with Crippen molar-refractivity contribution in [1.29, 1.82) is 0 Å². The molecule has 0 bridgehead atoms. The van der Waals surface area contributed by atoms with Crippen molar-refractivity contribution in [3.8, 4) is 22.3 Å². The number of rotatable bonds is 8. The lowest BCUT2D eigenvalue weighted by Gasteiger charge is -2.27. The fourth-order valence-electron chi connectivity index (χ4n) is 8.17. The van der Waals surface area contributed by atoms with Gasteiger partial charge >= 0.3 is 18.5 Å². The van der Waals surface area contributed by atoms with E-state index in [1.807, 2.05) is 104 Å². The smallest absolute Gasteiger partial charge is 0.310 e. The van der Waals surface area contributed by atoms with E-state index < -0.39 is 35.2 Å². The molecule has 0 aliphatic rings. The van der Waals surface area contributed by atoms with Crippen LogP contribution in [0.4, 0.5) is 73.6 Å². The summed E-state index contributed by atoms with van der Waals surface area (Å²) >= 11 is 17.4. The van der Waals surface area contributed by atoms with Gasteiger partial charge in [0, 0.05) is 49.2 Å². The summed E-state index contributed by atoms with van der Waals surface area (Å²) in [6.45, 7) is 8.21. The number of alkyl halides is 9.